The molecular weight excluding hydrogens is 398 g/mol. The van der Waals surface area contributed by atoms with Gasteiger partial charge in [-0.05, 0) is 48.9 Å². The number of ether oxygens (including phenoxy) is 1. The van der Waals surface area contributed by atoms with Gasteiger partial charge in [-0.15, -0.1) is 10.2 Å². The molecule has 2 heterocycles. The fourth-order valence-electron chi connectivity index (χ4n) is 3.07. The van der Waals surface area contributed by atoms with Crippen LogP contribution in [-0.4, -0.2) is 32.9 Å². The molecule has 7 heteroatoms. The fourth-order valence-corrected chi connectivity index (χ4v) is 4.00. The van der Waals surface area contributed by atoms with Gasteiger partial charge >= 0.3 is 0 Å². The third-order valence-corrected chi connectivity index (χ3v) is 5.75. The summed E-state index contributed by atoms with van der Waals surface area (Å²) in [5.41, 5.74) is 1.75. The number of rotatable bonds is 8. The van der Waals surface area contributed by atoms with E-state index >= 15 is 0 Å². The fraction of sp³-hybridized carbons (Fsp3) is 0.174. The molecule has 0 N–H and O–H groups in total. The van der Waals surface area contributed by atoms with E-state index in [4.69, 9.17) is 9.15 Å². The second kappa shape index (κ2) is 9.00. The highest BCUT2D eigenvalue weighted by Crippen LogP contribution is 2.29. The lowest BCUT2D eigenvalue weighted by atomic mass is 10.1. The monoisotopic (exact) mass is 419 g/mol. The normalized spacial score (nSPS) is 11.9. The minimum atomic E-state index is -0.332. The lowest BCUT2D eigenvalue weighted by molar-refractivity contribution is 0.0994. The van der Waals surface area contributed by atoms with Crippen LogP contribution in [0.1, 0.15) is 22.8 Å². The highest BCUT2D eigenvalue weighted by atomic mass is 32.2. The second-order valence-electron chi connectivity index (χ2n) is 6.71. The van der Waals surface area contributed by atoms with E-state index in [9.17, 15) is 4.79 Å². The number of benzene rings is 2. The van der Waals surface area contributed by atoms with Crippen LogP contribution in [0.25, 0.3) is 11.6 Å². The van der Waals surface area contributed by atoms with Crippen molar-refractivity contribution in [3.63, 3.8) is 0 Å². The van der Waals surface area contributed by atoms with Gasteiger partial charge in [0.25, 0.3) is 0 Å². The van der Waals surface area contributed by atoms with Crippen LogP contribution in [0, 0.1) is 0 Å². The molecule has 6 nitrogen and oxygen atoms in total. The number of methoxy groups -OCH3 is 1. The van der Waals surface area contributed by atoms with E-state index in [-0.39, 0.29) is 11.0 Å². The van der Waals surface area contributed by atoms with Crippen molar-refractivity contribution in [2.75, 3.05) is 7.11 Å². The van der Waals surface area contributed by atoms with Crippen LogP contribution in [-0.2, 0) is 6.54 Å². The van der Waals surface area contributed by atoms with Gasteiger partial charge in [0.15, 0.2) is 16.7 Å². The zero-order valence-corrected chi connectivity index (χ0v) is 17.5. The van der Waals surface area contributed by atoms with Gasteiger partial charge in [0.1, 0.15) is 5.75 Å². The Bertz CT molecular complexity index is 1110. The van der Waals surface area contributed by atoms with Crippen LogP contribution in [0.2, 0.25) is 0 Å². The number of hydrogen-bond donors (Lipinski definition) is 0. The predicted octanol–water partition coefficient (Wildman–Crippen LogP) is 4.96. The molecule has 0 bridgehead atoms. The molecule has 0 spiro atoms. The van der Waals surface area contributed by atoms with Gasteiger partial charge in [0.2, 0.25) is 5.82 Å². The number of furan rings is 1. The molecule has 0 fully saturated rings. The van der Waals surface area contributed by atoms with E-state index in [1.54, 1.807) is 37.6 Å². The maximum Gasteiger partial charge on any atom is 0.200 e. The summed E-state index contributed by atoms with van der Waals surface area (Å²) in [4.78, 5) is 12.9. The van der Waals surface area contributed by atoms with Gasteiger partial charge in [-0.25, -0.2) is 0 Å². The Morgan fingerprint density at radius 3 is 2.50 bits per heavy atom. The third-order valence-electron chi connectivity index (χ3n) is 4.67. The highest BCUT2D eigenvalue weighted by Gasteiger charge is 2.23. The summed E-state index contributed by atoms with van der Waals surface area (Å²) in [6.07, 6.45) is 1.61. The Morgan fingerprint density at radius 2 is 1.83 bits per heavy atom. The molecule has 4 aromatic rings. The summed E-state index contributed by atoms with van der Waals surface area (Å²) in [5, 5.41) is 9.02. The average molecular weight is 420 g/mol. The quantitative estimate of drug-likeness (QED) is 0.297. The first-order valence-electron chi connectivity index (χ1n) is 9.51. The molecule has 0 saturated heterocycles. The van der Waals surface area contributed by atoms with Crippen LogP contribution in [0.5, 0.6) is 5.75 Å². The van der Waals surface area contributed by atoms with E-state index in [1.807, 2.05) is 54.0 Å². The molecule has 4 rings (SSSR count). The Balaban J connectivity index is 1.60. The number of carbonyl (C=O) groups is 1. The first-order valence-corrected chi connectivity index (χ1v) is 10.4. The minimum absolute atomic E-state index is 0.0245. The van der Waals surface area contributed by atoms with Crippen molar-refractivity contribution in [1.29, 1.82) is 0 Å². The van der Waals surface area contributed by atoms with Gasteiger partial charge in [-0.3, -0.25) is 9.36 Å². The van der Waals surface area contributed by atoms with E-state index in [0.717, 1.165) is 11.3 Å². The molecule has 0 unspecified atom stereocenters. The molecule has 2 aromatic carbocycles. The number of ketones is 1. The molecule has 0 saturated carbocycles. The summed E-state index contributed by atoms with van der Waals surface area (Å²) < 4.78 is 12.7. The van der Waals surface area contributed by atoms with Gasteiger partial charge in [-0.1, -0.05) is 42.1 Å². The minimum Gasteiger partial charge on any atom is -0.497 e. The van der Waals surface area contributed by atoms with Crippen molar-refractivity contribution in [3.05, 3.63) is 84.1 Å². The van der Waals surface area contributed by atoms with Gasteiger partial charge in [-0.2, -0.15) is 0 Å². The zero-order chi connectivity index (χ0) is 20.9. The smallest absolute Gasteiger partial charge is 0.200 e. The number of Topliss-reactive ketones (excluding diaryl/α,β-unsaturated/α-hetero) is 1. The van der Waals surface area contributed by atoms with Crippen LogP contribution >= 0.6 is 11.8 Å². The van der Waals surface area contributed by atoms with Crippen molar-refractivity contribution < 1.29 is 13.9 Å². The summed E-state index contributed by atoms with van der Waals surface area (Å²) in [6, 6.07) is 20.9. The van der Waals surface area contributed by atoms with E-state index < -0.39 is 0 Å². The lowest BCUT2D eigenvalue weighted by Crippen LogP contribution is -2.15. The summed E-state index contributed by atoms with van der Waals surface area (Å²) in [5.74, 6) is 2.02. The van der Waals surface area contributed by atoms with Crippen molar-refractivity contribution in [1.82, 2.24) is 14.8 Å². The molecule has 0 aliphatic carbocycles. The Labute approximate surface area is 178 Å². The Morgan fingerprint density at radius 1 is 1.07 bits per heavy atom. The van der Waals surface area contributed by atoms with E-state index in [0.29, 0.717) is 28.8 Å². The Kier molecular flexibility index (Phi) is 5.99. The molecule has 0 aliphatic heterocycles. The zero-order valence-electron chi connectivity index (χ0n) is 16.7. The number of thioether (sulfide) groups is 1. The maximum absolute atomic E-state index is 12.9. The second-order valence-corrected chi connectivity index (χ2v) is 8.02. The van der Waals surface area contributed by atoms with Crippen LogP contribution < -0.4 is 4.74 Å². The first-order chi connectivity index (χ1) is 14.7. The van der Waals surface area contributed by atoms with Gasteiger partial charge in [0.05, 0.1) is 25.2 Å². The van der Waals surface area contributed by atoms with Crippen molar-refractivity contribution in [2.45, 2.75) is 23.9 Å². The first kappa shape index (κ1) is 20.0. The standard InChI is InChI=1S/C23H21N3O3S/c1-16(21(27)18-10-12-19(28-2)13-11-18)30-23-25-24-22(20-9-6-14-29-20)26(23)15-17-7-4-3-5-8-17/h3-14,16H,15H2,1-2H3/t16-/m0/s1. The molecule has 0 aliphatic rings. The third kappa shape index (κ3) is 4.31. The van der Waals surface area contributed by atoms with Crippen molar-refractivity contribution in [2.24, 2.45) is 0 Å². The molecule has 1 atom stereocenters. The topological polar surface area (TPSA) is 70.2 Å². The van der Waals surface area contributed by atoms with Crippen LogP contribution in [0.15, 0.2) is 82.6 Å². The average Bonchev–Trinajstić information content (AvgIpc) is 3.44. The van der Waals surface area contributed by atoms with Crippen LogP contribution in [0.4, 0.5) is 0 Å². The van der Waals surface area contributed by atoms with Crippen molar-refractivity contribution in [3.8, 4) is 17.3 Å². The molecule has 152 valence electrons. The highest BCUT2D eigenvalue weighted by molar-refractivity contribution is 8.00. The largest absolute Gasteiger partial charge is 0.497 e. The van der Waals surface area contributed by atoms with Gasteiger partial charge in [0, 0.05) is 5.56 Å². The maximum atomic E-state index is 12.9. The molecule has 2 aromatic heterocycles. The summed E-state index contributed by atoms with van der Waals surface area (Å²) in [7, 11) is 1.60. The number of carbonyl (C=O) groups excluding carboxylic acids is 1. The number of nitrogens with zero attached hydrogens (tertiary/aromatic N) is 3. The van der Waals surface area contributed by atoms with Crippen LogP contribution in [0.3, 0.4) is 0 Å². The summed E-state index contributed by atoms with van der Waals surface area (Å²) >= 11 is 1.39. The number of aromatic nitrogens is 3. The van der Waals surface area contributed by atoms with E-state index in [2.05, 4.69) is 10.2 Å². The SMILES string of the molecule is COc1ccc(C(=O)[C@H](C)Sc2nnc(-c3ccco3)n2Cc2ccccc2)cc1. The number of hydrogen-bond acceptors (Lipinski definition) is 6. The van der Waals surface area contributed by atoms with E-state index in [1.165, 1.54) is 11.8 Å². The summed E-state index contributed by atoms with van der Waals surface area (Å²) in [6.45, 7) is 2.46. The lowest BCUT2D eigenvalue weighted by Gasteiger charge is -2.13. The predicted molar refractivity (Wildman–Crippen MR) is 116 cm³/mol. The molecule has 0 amide bonds. The molecule has 30 heavy (non-hydrogen) atoms. The van der Waals surface area contributed by atoms with Crippen molar-refractivity contribution >= 4 is 17.5 Å². The molecule has 0 radical (unpaired) electrons. The van der Waals surface area contributed by atoms with Gasteiger partial charge < -0.3 is 9.15 Å². The Hall–Kier alpha value is -3.32. The molecular formula is C23H21N3O3S.